The molecule has 1 saturated heterocycles. The Morgan fingerprint density at radius 2 is 2.07 bits per heavy atom. The van der Waals surface area contributed by atoms with E-state index >= 15 is 0 Å². The lowest BCUT2D eigenvalue weighted by atomic mass is 10.2. The second-order valence-electron chi connectivity index (χ2n) is 5.51. The maximum Gasteiger partial charge on any atom is 0.270 e. The van der Waals surface area contributed by atoms with Crippen LogP contribution in [0, 0.1) is 0 Å². The third-order valence-corrected chi connectivity index (χ3v) is 5.24. The molecule has 1 fully saturated rings. The summed E-state index contributed by atoms with van der Waals surface area (Å²) in [7, 11) is 1.57. The number of hydrogen-bond donors (Lipinski definition) is 0. The molecule has 0 radical (unpaired) electrons. The molecule has 3 rings (SSSR count). The fourth-order valence-corrected chi connectivity index (χ4v) is 3.98. The standard InChI is InChI=1S/C20H16ClNO3S2/c1-3-9-25-16-8-7-13(10-17(16)24-2)11-18-19(23)22(20(26)27-18)15-6-4-5-14(21)12-15/h3-8,10-12H,1,9H2,2H3/b18-11-. The zero-order chi connectivity index (χ0) is 19.4. The number of thioether (sulfide) groups is 1. The SMILES string of the molecule is C=CCOc1ccc(/C=C2\SC(=S)N(c3cccc(Cl)c3)C2=O)cc1OC. The molecule has 7 heteroatoms. The number of methoxy groups -OCH3 is 1. The van der Waals surface area contributed by atoms with Crippen molar-refractivity contribution in [3.8, 4) is 11.5 Å². The van der Waals surface area contributed by atoms with Gasteiger partial charge in [0, 0.05) is 5.02 Å². The Bertz CT molecular complexity index is 943. The molecular weight excluding hydrogens is 402 g/mol. The Hall–Kier alpha value is -2.28. The summed E-state index contributed by atoms with van der Waals surface area (Å²) in [4.78, 5) is 14.8. The van der Waals surface area contributed by atoms with Gasteiger partial charge in [0.1, 0.15) is 6.61 Å². The van der Waals surface area contributed by atoms with Crippen molar-refractivity contribution in [1.29, 1.82) is 0 Å². The number of benzene rings is 2. The van der Waals surface area contributed by atoms with E-state index < -0.39 is 0 Å². The van der Waals surface area contributed by atoms with Gasteiger partial charge in [0.05, 0.1) is 17.7 Å². The minimum Gasteiger partial charge on any atom is -0.493 e. The minimum atomic E-state index is -0.182. The summed E-state index contributed by atoms with van der Waals surface area (Å²) in [6.07, 6.45) is 3.44. The van der Waals surface area contributed by atoms with Gasteiger partial charge in [-0.15, -0.1) is 0 Å². The van der Waals surface area contributed by atoms with Crippen molar-refractivity contribution in [3.05, 3.63) is 70.6 Å². The maximum atomic E-state index is 12.8. The molecule has 0 saturated carbocycles. The quantitative estimate of drug-likeness (QED) is 0.361. The maximum absolute atomic E-state index is 12.8. The van der Waals surface area contributed by atoms with Crippen LogP contribution in [0.25, 0.3) is 6.08 Å². The number of nitrogens with zero attached hydrogens (tertiary/aromatic N) is 1. The van der Waals surface area contributed by atoms with E-state index in [1.54, 1.807) is 49.6 Å². The summed E-state index contributed by atoms with van der Waals surface area (Å²) in [6.45, 7) is 4.01. The van der Waals surface area contributed by atoms with Gasteiger partial charge in [-0.05, 0) is 42.0 Å². The van der Waals surface area contributed by atoms with E-state index in [2.05, 4.69) is 6.58 Å². The van der Waals surface area contributed by atoms with Crippen molar-refractivity contribution < 1.29 is 14.3 Å². The first-order valence-corrected chi connectivity index (χ1v) is 9.59. The highest BCUT2D eigenvalue weighted by atomic mass is 35.5. The number of rotatable bonds is 6. The van der Waals surface area contributed by atoms with Gasteiger partial charge in [0.15, 0.2) is 15.8 Å². The molecule has 138 valence electrons. The van der Waals surface area contributed by atoms with Gasteiger partial charge in [-0.2, -0.15) is 0 Å². The molecule has 4 nitrogen and oxygen atoms in total. The number of hydrogen-bond acceptors (Lipinski definition) is 5. The Labute approximate surface area is 172 Å². The highest BCUT2D eigenvalue weighted by Crippen LogP contribution is 2.37. The van der Waals surface area contributed by atoms with Crippen LogP contribution in [-0.2, 0) is 4.79 Å². The zero-order valence-electron chi connectivity index (χ0n) is 14.5. The number of anilines is 1. The number of thiocarbonyl (C=S) groups is 1. The van der Waals surface area contributed by atoms with Gasteiger partial charge < -0.3 is 9.47 Å². The molecule has 1 aliphatic rings. The van der Waals surface area contributed by atoms with E-state index in [-0.39, 0.29) is 5.91 Å². The van der Waals surface area contributed by atoms with Crippen LogP contribution in [0.15, 0.2) is 60.0 Å². The van der Waals surface area contributed by atoms with Crippen LogP contribution in [-0.4, -0.2) is 23.9 Å². The summed E-state index contributed by atoms with van der Waals surface area (Å²) in [5.74, 6) is 1.01. The molecule has 0 N–H and O–H groups in total. The lowest BCUT2D eigenvalue weighted by Gasteiger charge is -2.14. The summed E-state index contributed by atoms with van der Waals surface area (Å²) in [5, 5.41) is 0.547. The predicted molar refractivity (Wildman–Crippen MR) is 116 cm³/mol. The molecule has 27 heavy (non-hydrogen) atoms. The first kappa shape index (κ1) is 19.5. The predicted octanol–water partition coefficient (Wildman–Crippen LogP) is 5.32. The molecule has 2 aromatic rings. The lowest BCUT2D eigenvalue weighted by molar-refractivity contribution is -0.113. The molecular formula is C20H16ClNO3S2. The van der Waals surface area contributed by atoms with Gasteiger partial charge in [0.2, 0.25) is 0 Å². The Kier molecular flexibility index (Phi) is 6.21. The molecule has 0 bridgehead atoms. The molecule has 1 heterocycles. The number of carbonyl (C=O) groups excluding carboxylic acids is 1. The molecule has 2 aromatic carbocycles. The van der Waals surface area contributed by atoms with Crippen molar-refractivity contribution in [3.63, 3.8) is 0 Å². The average Bonchev–Trinajstić information content (AvgIpc) is 2.93. The van der Waals surface area contributed by atoms with Crippen molar-refractivity contribution in [2.75, 3.05) is 18.6 Å². The van der Waals surface area contributed by atoms with Gasteiger partial charge in [-0.1, -0.05) is 60.4 Å². The lowest BCUT2D eigenvalue weighted by Crippen LogP contribution is -2.27. The van der Waals surface area contributed by atoms with Gasteiger partial charge >= 0.3 is 0 Å². The van der Waals surface area contributed by atoms with Gasteiger partial charge in [-0.25, -0.2) is 0 Å². The van der Waals surface area contributed by atoms with Crippen LogP contribution < -0.4 is 14.4 Å². The van der Waals surface area contributed by atoms with Crippen LogP contribution in [0.5, 0.6) is 11.5 Å². The third kappa shape index (κ3) is 4.35. The number of halogens is 1. The molecule has 0 spiro atoms. The number of ether oxygens (including phenoxy) is 2. The van der Waals surface area contributed by atoms with Gasteiger partial charge in [0.25, 0.3) is 5.91 Å². The van der Waals surface area contributed by atoms with Crippen molar-refractivity contribution >= 4 is 57.6 Å². The molecule has 0 atom stereocenters. The second kappa shape index (κ2) is 8.61. The average molecular weight is 418 g/mol. The van der Waals surface area contributed by atoms with Crippen LogP contribution in [0.4, 0.5) is 5.69 Å². The summed E-state index contributed by atoms with van der Waals surface area (Å²) in [6, 6.07) is 12.5. The molecule has 1 aliphatic heterocycles. The first-order chi connectivity index (χ1) is 13.0. The molecule has 1 amide bonds. The van der Waals surface area contributed by atoms with E-state index in [0.29, 0.717) is 38.0 Å². The summed E-state index contributed by atoms with van der Waals surface area (Å²) in [5.41, 5.74) is 1.46. The van der Waals surface area contributed by atoms with E-state index in [9.17, 15) is 4.79 Å². The molecule has 0 aliphatic carbocycles. The summed E-state index contributed by atoms with van der Waals surface area (Å²) < 4.78 is 11.4. The third-order valence-electron chi connectivity index (χ3n) is 3.70. The molecule has 0 unspecified atom stereocenters. The smallest absolute Gasteiger partial charge is 0.270 e. The normalized spacial score (nSPS) is 15.3. The fourth-order valence-electron chi connectivity index (χ4n) is 2.50. The van der Waals surface area contributed by atoms with Crippen molar-refractivity contribution in [2.24, 2.45) is 0 Å². The van der Waals surface area contributed by atoms with Crippen molar-refractivity contribution in [1.82, 2.24) is 0 Å². The van der Waals surface area contributed by atoms with E-state index in [4.69, 9.17) is 33.3 Å². The monoisotopic (exact) mass is 417 g/mol. The zero-order valence-corrected chi connectivity index (χ0v) is 16.9. The Balaban J connectivity index is 1.88. The topological polar surface area (TPSA) is 38.8 Å². The van der Waals surface area contributed by atoms with Gasteiger partial charge in [-0.3, -0.25) is 9.69 Å². The molecule has 0 aromatic heterocycles. The first-order valence-electron chi connectivity index (χ1n) is 7.98. The largest absolute Gasteiger partial charge is 0.493 e. The highest BCUT2D eigenvalue weighted by molar-refractivity contribution is 8.27. The fraction of sp³-hybridized carbons (Fsp3) is 0.100. The summed E-state index contributed by atoms with van der Waals surface area (Å²) >= 11 is 12.7. The second-order valence-corrected chi connectivity index (χ2v) is 7.62. The van der Waals surface area contributed by atoms with E-state index in [1.165, 1.54) is 16.7 Å². The van der Waals surface area contributed by atoms with Crippen molar-refractivity contribution in [2.45, 2.75) is 0 Å². The van der Waals surface area contributed by atoms with Crippen LogP contribution >= 0.6 is 35.6 Å². The minimum absolute atomic E-state index is 0.182. The number of amides is 1. The van der Waals surface area contributed by atoms with Crippen LogP contribution in [0.2, 0.25) is 5.02 Å². The van der Waals surface area contributed by atoms with E-state index in [1.807, 2.05) is 12.1 Å². The number of carbonyl (C=O) groups is 1. The Morgan fingerprint density at radius 3 is 2.78 bits per heavy atom. The van der Waals surface area contributed by atoms with Crippen LogP contribution in [0.1, 0.15) is 5.56 Å². The van der Waals surface area contributed by atoms with E-state index in [0.717, 1.165) is 5.56 Å². The van der Waals surface area contributed by atoms with Crippen LogP contribution in [0.3, 0.4) is 0 Å². The Morgan fingerprint density at radius 1 is 1.26 bits per heavy atom. The highest BCUT2D eigenvalue weighted by Gasteiger charge is 2.33.